The molecular formula is C54H38N4. The largest absolute Gasteiger partial charge is 0.247 e. The minimum absolute atomic E-state index is 0.0265. The smallest absolute Gasteiger partial charge is 0.163 e. The van der Waals surface area contributed by atoms with Crippen LogP contribution in [0.5, 0.6) is 0 Å². The maximum Gasteiger partial charge on any atom is 0.163 e. The fraction of sp³-hybridized carbons (Fsp3) is 0.0741. The summed E-state index contributed by atoms with van der Waals surface area (Å²) in [5.74, 6) is 2.14. The molecule has 11 rings (SSSR count). The molecule has 2 aromatic heterocycles. The lowest BCUT2D eigenvalue weighted by Crippen LogP contribution is -2.35. The zero-order valence-electron chi connectivity index (χ0n) is 31.8. The van der Waals surface area contributed by atoms with E-state index in [1.807, 2.05) is 36.4 Å². The van der Waals surface area contributed by atoms with Gasteiger partial charge in [-0.05, 0) is 69.0 Å². The predicted octanol–water partition coefficient (Wildman–Crippen LogP) is 12.3. The summed E-state index contributed by atoms with van der Waals surface area (Å²) in [5, 5.41) is 3.54. The first-order valence-electron chi connectivity index (χ1n) is 20.0. The highest BCUT2D eigenvalue weighted by Gasteiger charge is 2.42. The second-order valence-electron chi connectivity index (χ2n) is 15.3. The molecule has 7 aromatic carbocycles. The van der Waals surface area contributed by atoms with Crippen molar-refractivity contribution in [3.63, 3.8) is 0 Å². The lowest BCUT2D eigenvalue weighted by atomic mass is 9.61. The van der Waals surface area contributed by atoms with E-state index >= 15 is 0 Å². The van der Waals surface area contributed by atoms with Crippen LogP contribution in [0.3, 0.4) is 0 Å². The molecule has 0 saturated carbocycles. The third kappa shape index (κ3) is 5.68. The van der Waals surface area contributed by atoms with Crippen LogP contribution < -0.4 is 0 Å². The van der Waals surface area contributed by atoms with Crippen molar-refractivity contribution >= 4 is 27.2 Å². The second-order valence-corrected chi connectivity index (χ2v) is 15.3. The molecule has 0 bridgehead atoms. The van der Waals surface area contributed by atoms with Crippen molar-refractivity contribution in [2.24, 2.45) is 5.92 Å². The van der Waals surface area contributed by atoms with Gasteiger partial charge in [0.2, 0.25) is 0 Å². The molecule has 1 atom stereocenters. The SMILES string of the molecule is C1=CC(Cc2nc(-c3ccccc3)nc(-c3ccccc3)n2)C(c2nc3ccccc3c3cc4c(cc23)-c2ccccc2C(c2ccccc2)(c2ccccc2)C4)=C1. The number of allylic oxidation sites excluding steroid dienone is 4. The van der Waals surface area contributed by atoms with Crippen molar-refractivity contribution < 1.29 is 0 Å². The van der Waals surface area contributed by atoms with Crippen LogP contribution >= 0.6 is 0 Å². The summed E-state index contributed by atoms with van der Waals surface area (Å²) in [6.45, 7) is 0. The number of para-hydroxylation sites is 1. The number of benzene rings is 7. The predicted molar refractivity (Wildman–Crippen MR) is 236 cm³/mol. The van der Waals surface area contributed by atoms with Crippen LogP contribution in [0.25, 0.3) is 61.2 Å². The van der Waals surface area contributed by atoms with E-state index in [1.54, 1.807) is 0 Å². The van der Waals surface area contributed by atoms with Gasteiger partial charge >= 0.3 is 0 Å². The van der Waals surface area contributed by atoms with Gasteiger partial charge in [0.15, 0.2) is 11.6 Å². The first-order valence-corrected chi connectivity index (χ1v) is 20.0. The quantitative estimate of drug-likeness (QED) is 0.153. The fourth-order valence-electron chi connectivity index (χ4n) is 9.35. The molecule has 2 heterocycles. The molecule has 0 radical (unpaired) electrons. The van der Waals surface area contributed by atoms with Crippen LogP contribution in [0.1, 0.15) is 33.8 Å². The van der Waals surface area contributed by atoms with Crippen molar-refractivity contribution in [2.45, 2.75) is 18.3 Å². The van der Waals surface area contributed by atoms with Crippen LogP contribution in [0, 0.1) is 5.92 Å². The van der Waals surface area contributed by atoms with Gasteiger partial charge in [0.25, 0.3) is 0 Å². The van der Waals surface area contributed by atoms with E-state index in [2.05, 4.69) is 164 Å². The Hall–Kier alpha value is -7.30. The van der Waals surface area contributed by atoms with Gasteiger partial charge in [0.05, 0.1) is 11.2 Å². The normalized spacial score (nSPS) is 15.2. The second kappa shape index (κ2) is 14.0. The van der Waals surface area contributed by atoms with Gasteiger partial charge < -0.3 is 0 Å². The van der Waals surface area contributed by atoms with Crippen molar-refractivity contribution in [1.29, 1.82) is 0 Å². The number of aromatic nitrogens is 4. The molecule has 0 saturated heterocycles. The number of hydrogen-bond donors (Lipinski definition) is 0. The molecule has 4 nitrogen and oxygen atoms in total. The molecule has 58 heavy (non-hydrogen) atoms. The first-order chi connectivity index (χ1) is 28.7. The van der Waals surface area contributed by atoms with E-state index in [0.717, 1.165) is 45.4 Å². The summed E-state index contributed by atoms with van der Waals surface area (Å²) in [4.78, 5) is 20.6. The zero-order chi connectivity index (χ0) is 38.5. The minimum atomic E-state index is -0.351. The average Bonchev–Trinajstić information content (AvgIpc) is 3.76. The molecule has 9 aromatic rings. The monoisotopic (exact) mass is 742 g/mol. The van der Waals surface area contributed by atoms with Crippen molar-refractivity contribution in [2.75, 3.05) is 0 Å². The van der Waals surface area contributed by atoms with Crippen LogP contribution in [-0.4, -0.2) is 19.9 Å². The topological polar surface area (TPSA) is 51.6 Å². The van der Waals surface area contributed by atoms with Gasteiger partial charge in [-0.1, -0.05) is 182 Å². The molecule has 0 fully saturated rings. The van der Waals surface area contributed by atoms with E-state index < -0.39 is 0 Å². The van der Waals surface area contributed by atoms with Gasteiger partial charge in [0, 0.05) is 39.7 Å². The summed E-state index contributed by atoms with van der Waals surface area (Å²) >= 11 is 0. The lowest BCUT2D eigenvalue weighted by molar-refractivity contribution is 0.607. The highest BCUT2D eigenvalue weighted by Crippen LogP contribution is 2.52. The molecule has 2 aliphatic rings. The highest BCUT2D eigenvalue weighted by atomic mass is 15.0. The van der Waals surface area contributed by atoms with E-state index in [1.165, 1.54) is 44.3 Å². The third-order valence-corrected chi connectivity index (χ3v) is 12.0. The number of fused-ring (bicyclic) bond motifs is 6. The van der Waals surface area contributed by atoms with Crippen LogP contribution in [0.4, 0.5) is 0 Å². The van der Waals surface area contributed by atoms with Gasteiger partial charge in [-0.25, -0.2) is 19.9 Å². The molecule has 0 N–H and O–H groups in total. The Balaban J connectivity index is 1.07. The molecule has 0 aliphatic heterocycles. The number of rotatable bonds is 7. The molecule has 2 aliphatic carbocycles. The lowest BCUT2D eigenvalue weighted by Gasteiger charge is -2.41. The van der Waals surface area contributed by atoms with Gasteiger partial charge in [-0.2, -0.15) is 0 Å². The van der Waals surface area contributed by atoms with Crippen molar-refractivity contribution in [3.05, 3.63) is 234 Å². The number of nitrogens with zero attached hydrogens (tertiary/aromatic N) is 4. The minimum Gasteiger partial charge on any atom is -0.247 e. The Morgan fingerprint density at radius 1 is 0.500 bits per heavy atom. The molecule has 0 spiro atoms. The average molecular weight is 743 g/mol. The summed E-state index contributed by atoms with van der Waals surface area (Å²) < 4.78 is 0. The highest BCUT2D eigenvalue weighted by molar-refractivity contribution is 6.11. The maximum absolute atomic E-state index is 5.47. The van der Waals surface area contributed by atoms with E-state index in [-0.39, 0.29) is 11.3 Å². The Labute approximate surface area is 338 Å². The Morgan fingerprint density at radius 3 is 1.76 bits per heavy atom. The summed E-state index contributed by atoms with van der Waals surface area (Å²) in [6.07, 6.45) is 8.14. The summed E-state index contributed by atoms with van der Waals surface area (Å²) in [5.41, 5.74) is 12.5. The molecule has 1 unspecified atom stereocenters. The first kappa shape index (κ1) is 34.0. The Bertz CT molecular complexity index is 2950. The van der Waals surface area contributed by atoms with Crippen molar-refractivity contribution in [1.82, 2.24) is 19.9 Å². The molecule has 274 valence electrons. The van der Waals surface area contributed by atoms with Crippen molar-refractivity contribution in [3.8, 4) is 33.9 Å². The molecule has 4 heteroatoms. The zero-order valence-corrected chi connectivity index (χ0v) is 31.8. The van der Waals surface area contributed by atoms with Gasteiger partial charge in [-0.3, -0.25) is 0 Å². The van der Waals surface area contributed by atoms with Crippen LogP contribution in [0.2, 0.25) is 0 Å². The molecular weight excluding hydrogens is 705 g/mol. The van der Waals surface area contributed by atoms with Gasteiger partial charge in [0.1, 0.15) is 5.82 Å². The fourth-order valence-corrected chi connectivity index (χ4v) is 9.35. The van der Waals surface area contributed by atoms with Crippen LogP contribution in [-0.2, 0) is 18.3 Å². The van der Waals surface area contributed by atoms with E-state index in [9.17, 15) is 0 Å². The maximum atomic E-state index is 5.47. The molecule has 0 amide bonds. The number of hydrogen-bond acceptors (Lipinski definition) is 4. The van der Waals surface area contributed by atoms with E-state index in [4.69, 9.17) is 19.9 Å². The van der Waals surface area contributed by atoms with Gasteiger partial charge in [-0.15, -0.1) is 0 Å². The summed E-state index contributed by atoms with van der Waals surface area (Å²) in [7, 11) is 0. The van der Waals surface area contributed by atoms with E-state index in [0.29, 0.717) is 18.1 Å². The standard InChI is InChI=1S/C54H38N4/c1-5-18-36(19-6-1)52-56-50(57-53(58-52)37-20-7-2-8-21-37)33-38-22-17-29-42(38)51-47-34-45-39(32-46(47)44-28-14-16-31-49(44)55-51)35-54(40-23-9-3-10-24-40,41-25-11-4-12-26-41)48-30-15-13-27-43(45)48/h1-32,34,38H,33,35H2. The third-order valence-electron chi connectivity index (χ3n) is 12.0. The van der Waals surface area contributed by atoms with Crippen LogP contribution in [0.15, 0.2) is 200 Å². The number of pyridine rings is 1. The Morgan fingerprint density at radius 2 is 1.09 bits per heavy atom. The summed E-state index contributed by atoms with van der Waals surface area (Å²) in [6, 6.07) is 65.0. The Kier molecular flexibility index (Phi) is 8.21.